The maximum absolute atomic E-state index is 5.96. The SMILES string of the molecule is CCNC(C1CCC(C)CC1)C(C)(C)OCC. The first-order chi connectivity index (χ1) is 8.01. The molecular formula is C15H31NO. The van der Waals surface area contributed by atoms with Crippen molar-refractivity contribution in [2.75, 3.05) is 13.2 Å². The van der Waals surface area contributed by atoms with Gasteiger partial charge in [-0.2, -0.15) is 0 Å². The Kier molecular flexibility index (Phi) is 5.94. The van der Waals surface area contributed by atoms with E-state index in [0.29, 0.717) is 6.04 Å². The van der Waals surface area contributed by atoms with Crippen LogP contribution in [0.15, 0.2) is 0 Å². The minimum Gasteiger partial charge on any atom is -0.374 e. The Bertz CT molecular complexity index is 207. The first-order valence-electron chi connectivity index (χ1n) is 7.38. The molecule has 0 aromatic carbocycles. The fourth-order valence-electron chi connectivity index (χ4n) is 3.28. The molecule has 1 rings (SSSR count). The van der Waals surface area contributed by atoms with E-state index in [2.05, 4.69) is 39.9 Å². The van der Waals surface area contributed by atoms with Crippen LogP contribution in [0.1, 0.15) is 60.3 Å². The fraction of sp³-hybridized carbons (Fsp3) is 1.00. The van der Waals surface area contributed by atoms with E-state index in [9.17, 15) is 0 Å². The minimum absolute atomic E-state index is 0.0456. The first kappa shape index (κ1) is 15.0. The lowest BCUT2D eigenvalue weighted by Crippen LogP contribution is -2.53. The molecule has 17 heavy (non-hydrogen) atoms. The van der Waals surface area contributed by atoms with Crippen LogP contribution >= 0.6 is 0 Å². The molecule has 1 saturated carbocycles. The highest BCUT2D eigenvalue weighted by molar-refractivity contribution is 4.92. The zero-order valence-corrected chi connectivity index (χ0v) is 12.4. The molecule has 1 aliphatic carbocycles. The predicted molar refractivity (Wildman–Crippen MR) is 74.3 cm³/mol. The molecule has 1 N–H and O–H groups in total. The Morgan fingerprint density at radius 3 is 2.24 bits per heavy atom. The van der Waals surface area contributed by atoms with E-state index in [-0.39, 0.29) is 5.60 Å². The topological polar surface area (TPSA) is 21.3 Å². The molecule has 0 amide bonds. The van der Waals surface area contributed by atoms with Gasteiger partial charge in [0.05, 0.1) is 5.60 Å². The van der Waals surface area contributed by atoms with Crippen molar-refractivity contribution in [2.45, 2.75) is 71.9 Å². The summed E-state index contributed by atoms with van der Waals surface area (Å²) in [7, 11) is 0. The molecule has 0 aliphatic heterocycles. The van der Waals surface area contributed by atoms with Crippen molar-refractivity contribution in [1.29, 1.82) is 0 Å². The smallest absolute Gasteiger partial charge is 0.0781 e. The standard InChI is InChI=1S/C15H31NO/c1-6-16-14(15(4,5)17-7-2)13-10-8-12(3)9-11-13/h12-14,16H,6-11H2,1-5H3. The van der Waals surface area contributed by atoms with Crippen molar-refractivity contribution in [3.05, 3.63) is 0 Å². The summed E-state index contributed by atoms with van der Waals surface area (Å²) in [6.07, 6.45) is 5.48. The van der Waals surface area contributed by atoms with Gasteiger partial charge in [-0.05, 0) is 52.0 Å². The molecule has 0 heterocycles. The molecule has 0 aromatic rings. The summed E-state index contributed by atoms with van der Waals surface area (Å²) in [6, 6.07) is 0.500. The van der Waals surface area contributed by atoms with Gasteiger partial charge in [0.1, 0.15) is 0 Å². The largest absolute Gasteiger partial charge is 0.374 e. The number of likely N-dealkylation sites (N-methyl/N-ethyl adjacent to an activating group) is 1. The summed E-state index contributed by atoms with van der Waals surface area (Å²) < 4.78 is 5.96. The third-order valence-electron chi connectivity index (χ3n) is 4.22. The maximum atomic E-state index is 5.96. The van der Waals surface area contributed by atoms with Crippen LogP contribution in [-0.4, -0.2) is 24.8 Å². The van der Waals surface area contributed by atoms with Crippen LogP contribution in [0.25, 0.3) is 0 Å². The van der Waals surface area contributed by atoms with E-state index in [0.717, 1.165) is 25.0 Å². The molecule has 2 nitrogen and oxygen atoms in total. The molecule has 0 spiro atoms. The summed E-state index contributed by atoms with van der Waals surface area (Å²) in [6.45, 7) is 13.0. The Morgan fingerprint density at radius 1 is 1.18 bits per heavy atom. The lowest BCUT2D eigenvalue weighted by atomic mass is 9.74. The molecule has 0 saturated heterocycles. The van der Waals surface area contributed by atoms with Gasteiger partial charge in [0.25, 0.3) is 0 Å². The van der Waals surface area contributed by atoms with Crippen molar-refractivity contribution in [1.82, 2.24) is 5.32 Å². The van der Waals surface area contributed by atoms with Gasteiger partial charge in [-0.1, -0.05) is 26.7 Å². The van der Waals surface area contributed by atoms with Gasteiger partial charge in [0.15, 0.2) is 0 Å². The minimum atomic E-state index is -0.0456. The molecule has 1 unspecified atom stereocenters. The van der Waals surface area contributed by atoms with E-state index >= 15 is 0 Å². The second kappa shape index (κ2) is 6.75. The highest BCUT2D eigenvalue weighted by Crippen LogP contribution is 2.34. The molecule has 1 fully saturated rings. The second-order valence-electron chi connectivity index (χ2n) is 6.09. The molecule has 0 aromatic heterocycles. The Labute approximate surface area is 108 Å². The van der Waals surface area contributed by atoms with Crippen molar-refractivity contribution >= 4 is 0 Å². The lowest BCUT2D eigenvalue weighted by Gasteiger charge is -2.42. The van der Waals surface area contributed by atoms with Gasteiger partial charge in [0.2, 0.25) is 0 Å². The van der Waals surface area contributed by atoms with E-state index in [1.807, 2.05) is 0 Å². The first-order valence-corrected chi connectivity index (χ1v) is 7.38. The number of ether oxygens (including phenoxy) is 1. The molecule has 0 radical (unpaired) electrons. The Hall–Kier alpha value is -0.0800. The van der Waals surface area contributed by atoms with Gasteiger partial charge in [-0.25, -0.2) is 0 Å². The van der Waals surface area contributed by atoms with Crippen LogP contribution in [-0.2, 0) is 4.74 Å². The van der Waals surface area contributed by atoms with E-state index in [1.54, 1.807) is 0 Å². The van der Waals surface area contributed by atoms with Gasteiger partial charge in [-0.15, -0.1) is 0 Å². The van der Waals surface area contributed by atoms with Crippen LogP contribution in [0, 0.1) is 11.8 Å². The van der Waals surface area contributed by atoms with Crippen LogP contribution in [0.2, 0.25) is 0 Å². The average Bonchev–Trinajstić information content (AvgIpc) is 2.27. The quantitative estimate of drug-likeness (QED) is 0.767. The molecule has 1 atom stereocenters. The van der Waals surface area contributed by atoms with Crippen LogP contribution in [0.3, 0.4) is 0 Å². The fourth-order valence-corrected chi connectivity index (χ4v) is 3.28. The van der Waals surface area contributed by atoms with Gasteiger partial charge in [0, 0.05) is 12.6 Å². The highest BCUT2D eigenvalue weighted by Gasteiger charge is 2.36. The van der Waals surface area contributed by atoms with Gasteiger partial charge < -0.3 is 10.1 Å². The number of hydrogen-bond acceptors (Lipinski definition) is 2. The van der Waals surface area contributed by atoms with Crippen molar-refractivity contribution < 1.29 is 4.74 Å². The summed E-state index contributed by atoms with van der Waals surface area (Å²) in [5.41, 5.74) is -0.0456. The third kappa shape index (κ3) is 4.26. The Morgan fingerprint density at radius 2 is 1.76 bits per heavy atom. The van der Waals surface area contributed by atoms with Crippen LogP contribution < -0.4 is 5.32 Å². The van der Waals surface area contributed by atoms with E-state index < -0.39 is 0 Å². The average molecular weight is 241 g/mol. The lowest BCUT2D eigenvalue weighted by molar-refractivity contribution is -0.0580. The summed E-state index contributed by atoms with van der Waals surface area (Å²) in [4.78, 5) is 0. The van der Waals surface area contributed by atoms with Crippen molar-refractivity contribution in [3.63, 3.8) is 0 Å². The van der Waals surface area contributed by atoms with Crippen LogP contribution in [0.5, 0.6) is 0 Å². The zero-order chi connectivity index (χ0) is 12.9. The normalized spacial score (nSPS) is 28.1. The second-order valence-corrected chi connectivity index (χ2v) is 6.09. The van der Waals surface area contributed by atoms with Gasteiger partial charge in [-0.3, -0.25) is 0 Å². The van der Waals surface area contributed by atoms with Crippen molar-refractivity contribution in [2.24, 2.45) is 11.8 Å². The summed E-state index contributed by atoms with van der Waals surface area (Å²) in [5.74, 6) is 1.71. The summed E-state index contributed by atoms with van der Waals surface area (Å²) >= 11 is 0. The maximum Gasteiger partial charge on any atom is 0.0781 e. The monoisotopic (exact) mass is 241 g/mol. The number of rotatable bonds is 6. The number of hydrogen-bond donors (Lipinski definition) is 1. The van der Waals surface area contributed by atoms with E-state index in [4.69, 9.17) is 4.74 Å². The van der Waals surface area contributed by atoms with Crippen LogP contribution in [0.4, 0.5) is 0 Å². The highest BCUT2D eigenvalue weighted by atomic mass is 16.5. The predicted octanol–water partition coefficient (Wildman–Crippen LogP) is 3.61. The molecule has 102 valence electrons. The zero-order valence-electron chi connectivity index (χ0n) is 12.4. The molecule has 0 bridgehead atoms. The van der Waals surface area contributed by atoms with Gasteiger partial charge >= 0.3 is 0 Å². The van der Waals surface area contributed by atoms with E-state index in [1.165, 1.54) is 25.7 Å². The molecular weight excluding hydrogens is 210 g/mol. The van der Waals surface area contributed by atoms with Crippen molar-refractivity contribution in [3.8, 4) is 0 Å². The molecule has 1 aliphatic rings. The third-order valence-corrected chi connectivity index (χ3v) is 4.22. The summed E-state index contributed by atoms with van der Waals surface area (Å²) in [5, 5.41) is 3.67. The molecule has 2 heteroatoms. The Balaban J connectivity index is 2.64. The number of nitrogens with one attached hydrogen (secondary N) is 1.